The third-order valence-corrected chi connectivity index (χ3v) is 10.6. The second-order valence-electron chi connectivity index (χ2n) is 12.0. The fourth-order valence-electron chi connectivity index (χ4n) is 6.75. The molecule has 1 aliphatic heterocycles. The molecule has 2 amide bonds. The lowest BCUT2D eigenvalue weighted by Gasteiger charge is -2.35. The lowest BCUT2D eigenvalue weighted by molar-refractivity contribution is -0.134. The van der Waals surface area contributed by atoms with Crippen LogP contribution in [0.3, 0.4) is 0 Å². The number of piperidine rings is 1. The number of carbonyl (C=O) groups excluding carboxylic acids is 2. The number of rotatable bonds is 16. The molecule has 2 aliphatic rings. The summed E-state index contributed by atoms with van der Waals surface area (Å²) in [6.45, 7) is 8.75. The van der Waals surface area contributed by atoms with Gasteiger partial charge in [-0.1, -0.05) is 64.3 Å². The number of hydrogen-bond acceptors (Lipinski definition) is 6. The third kappa shape index (κ3) is 9.99. The van der Waals surface area contributed by atoms with Gasteiger partial charge in [0.25, 0.3) is 0 Å². The van der Waals surface area contributed by atoms with Gasteiger partial charge in [0, 0.05) is 31.7 Å². The Hall–Kier alpha value is -2.53. The molecule has 0 radical (unpaired) electrons. The monoisotopic (exact) mass is 615 g/mol. The second-order valence-corrected chi connectivity index (χ2v) is 13.7. The topological polar surface area (TPSA) is 148 Å². The molecule has 3 atom stereocenters. The van der Waals surface area contributed by atoms with E-state index in [1.807, 2.05) is 6.08 Å². The van der Waals surface area contributed by atoms with Crippen LogP contribution in [0.4, 0.5) is 5.69 Å². The Labute approximate surface area is 259 Å². The highest BCUT2D eigenvalue weighted by Crippen LogP contribution is 2.36. The largest absolute Gasteiger partial charge is 0.341 e. The van der Waals surface area contributed by atoms with Gasteiger partial charge in [0.05, 0.1) is 4.90 Å². The average molecular weight is 616 g/mol. The van der Waals surface area contributed by atoms with Crippen LogP contribution in [0, 0.1) is 23.7 Å². The molecule has 1 aliphatic carbocycles. The van der Waals surface area contributed by atoms with Crippen molar-refractivity contribution in [1.82, 2.24) is 9.62 Å². The van der Waals surface area contributed by atoms with E-state index in [1.54, 1.807) is 17.0 Å². The molecule has 3 rings (SSSR count). The minimum Gasteiger partial charge on any atom is -0.341 e. The molecule has 1 saturated heterocycles. The van der Waals surface area contributed by atoms with Crippen molar-refractivity contribution in [2.45, 2.75) is 89.5 Å². The summed E-state index contributed by atoms with van der Waals surface area (Å²) in [7, 11) is -4.08. The first-order valence-corrected chi connectivity index (χ1v) is 17.6. The van der Waals surface area contributed by atoms with Gasteiger partial charge in [0.15, 0.2) is 0 Å². The summed E-state index contributed by atoms with van der Waals surface area (Å²) in [6, 6.07) is 5.13. The van der Waals surface area contributed by atoms with E-state index in [9.17, 15) is 18.0 Å². The molecular formula is C33H53N5O4S. The van der Waals surface area contributed by atoms with Gasteiger partial charge in [-0.25, -0.2) is 8.42 Å². The number of nitrogens with zero attached hydrogens (tertiary/aromatic N) is 1. The molecule has 10 heteroatoms. The number of amides is 2. The van der Waals surface area contributed by atoms with Gasteiger partial charge in [0.2, 0.25) is 21.8 Å². The maximum atomic E-state index is 14.0. The van der Waals surface area contributed by atoms with E-state index in [0.29, 0.717) is 49.0 Å². The minimum absolute atomic E-state index is 0.0108. The zero-order chi connectivity index (χ0) is 31.4. The molecule has 1 aromatic rings. The highest BCUT2D eigenvalue weighted by molar-refractivity contribution is 7.89. The summed E-state index contributed by atoms with van der Waals surface area (Å²) in [6.07, 6.45) is 13.9. The van der Waals surface area contributed by atoms with E-state index in [0.717, 1.165) is 50.5 Å². The molecular weight excluding hydrogens is 562 g/mol. The van der Waals surface area contributed by atoms with Crippen LogP contribution in [-0.2, 0) is 19.6 Å². The van der Waals surface area contributed by atoms with Crippen molar-refractivity contribution in [3.63, 3.8) is 0 Å². The maximum absolute atomic E-state index is 14.0. The number of benzene rings is 1. The van der Waals surface area contributed by atoms with Crippen molar-refractivity contribution < 1.29 is 18.0 Å². The Balaban J connectivity index is 1.87. The first-order valence-electron chi connectivity index (χ1n) is 16.1. The minimum atomic E-state index is -4.08. The summed E-state index contributed by atoms with van der Waals surface area (Å²) < 4.78 is 30.1. The quantitative estimate of drug-likeness (QED) is 0.214. The molecule has 1 fully saturated rings. The fourth-order valence-corrected chi connectivity index (χ4v) is 7.99. The Morgan fingerprint density at radius 2 is 1.77 bits per heavy atom. The Morgan fingerprint density at radius 1 is 1.05 bits per heavy atom. The molecule has 1 heterocycles. The second kappa shape index (κ2) is 17.1. The average Bonchev–Trinajstić information content (AvgIpc) is 3.00. The summed E-state index contributed by atoms with van der Waals surface area (Å²) in [5.74, 6) is 1.53. The molecule has 0 spiro atoms. The van der Waals surface area contributed by atoms with Crippen LogP contribution < -0.4 is 21.5 Å². The molecule has 43 heavy (non-hydrogen) atoms. The van der Waals surface area contributed by atoms with E-state index >= 15 is 0 Å². The Bertz CT molecular complexity index is 1220. The number of carbonyl (C=O) groups is 2. The molecule has 1 aromatic carbocycles. The summed E-state index contributed by atoms with van der Waals surface area (Å²) >= 11 is 0. The molecule has 0 bridgehead atoms. The SMILES string of the molecule is CCC(CC)C(CC)C1C=C(CC(NS(=O)(=O)c2cccc(NC(=O)CCN)c2)C(=O)N2CCC(CCN)CC2)C=CC1. The highest BCUT2D eigenvalue weighted by Gasteiger charge is 2.33. The standard InChI is InChI=1S/C33H53N5O4S/c1-4-26(5-2)30(6-3)27-10-7-9-25(21-27)22-31(33(40)38-19-15-24(13-17-34)16-20-38)37-43(41,42)29-12-8-11-28(23-29)36-32(39)14-18-35/h7-9,11-12,21,23-24,26-27,30-31,37H,4-6,10,13-20,22,34-35H2,1-3H3,(H,36,39). The highest BCUT2D eigenvalue weighted by atomic mass is 32.2. The fraction of sp³-hybridized carbons (Fsp3) is 0.636. The normalized spacial score (nSPS) is 19.3. The number of nitrogens with one attached hydrogen (secondary N) is 2. The van der Waals surface area contributed by atoms with Gasteiger partial charge < -0.3 is 21.7 Å². The van der Waals surface area contributed by atoms with Crippen LogP contribution in [0.1, 0.15) is 78.6 Å². The summed E-state index contributed by atoms with van der Waals surface area (Å²) in [4.78, 5) is 27.8. The van der Waals surface area contributed by atoms with Crippen LogP contribution in [0.5, 0.6) is 0 Å². The van der Waals surface area contributed by atoms with Crippen molar-refractivity contribution in [2.75, 3.05) is 31.5 Å². The van der Waals surface area contributed by atoms with Crippen LogP contribution in [0.15, 0.2) is 53.0 Å². The lowest BCUT2D eigenvalue weighted by atomic mass is 9.73. The van der Waals surface area contributed by atoms with Crippen molar-refractivity contribution in [1.29, 1.82) is 0 Å². The van der Waals surface area contributed by atoms with E-state index in [2.05, 4.69) is 43.0 Å². The van der Waals surface area contributed by atoms with Gasteiger partial charge in [-0.15, -0.1) is 0 Å². The van der Waals surface area contributed by atoms with Crippen molar-refractivity contribution in [3.05, 3.63) is 48.1 Å². The summed E-state index contributed by atoms with van der Waals surface area (Å²) in [5, 5.41) is 2.69. The number of hydrogen-bond donors (Lipinski definition) is 4. The Kier molecular flexibility index (Phi) is 13.9. The number of allylic oxidation sites excluding steroid dienone is 3. The zero-order valence-electron chi connectivity index (χ0n) is 26.3. The van der Waals surface area contributed by atoms with E-state index in [-0.39, 0.29) is 36.1 Å². The zero-order valence-corrected chi connectivity index (χ0v) is 27.1. The van der Waals surface area contributed by atoms with Crippen LogP contribution in [-0.4, -0.2) is 57.4 Å². The van der Waals surface area contributed by atoms with E-state index in [1.165, 1.54) is 12.1 Å². The Morgan fingerprint density at radius 3 is 2.40 bits per heavy atom. The first-order chi connectivity index (χ1) is 20.6. The number of likely N-dealkylation sites (tertiary alicyclic amines) is 1. The van der Waals surface area contributed by atoms with Gasteiger partial charge in [0.1, 0.15) is 6.04 Å². The van der Waals surface area contributed by atoms with Gasteiger partial charge in [-0.2, -0.15) is 4.72 Å². The van der Waals surface area contributed by atoms with Crippen LogP contribution in [0.2, 0.25) is 0 Å². The molecule has 0 aromatic heterocycles. The lowest BCUT2D eigenvalue weighted by Crippen LogP contribution is -2.51. The number of sulfonamides is 1. The first kappa shape index (κ1) is 35.0. The third-order valence-electron chi connectivity index (χ3n) is 9.18. The van der Waals surface area contributed by atoms with E-state index in [4.69, 9.17) is 11.5 Å². The maximum Gasteiger partial charge on any atom is 0.241 e. The van der Waals surface area contributed by atoms with Crippen molar-refractivity contribution in [3.8, 4) is 0 Å². The van der Waals surface area contributed by atoms with Crippen LogP contribution >= 0.6 is 0 Å². The predicted octanol–water partition coefficient (Wildman–Crippen LogP) is 4.56. The van der Waals surface area contributed by atoms with Gasteiger partial charge in [-0.05, 0) is 86.1 Å². The van der Waals surface area contributed by atoms with Crippen molar-refractivity contribution >= 4 is 27.5 Å². The summed E-state index contributed by atoms with van der Waals surface area (Å²) in [5.41, 5.74) is 12.6. The van der Waals surface area contributed by atoms with Crippen molar-refractivity contribution in [2.24, 2.45) is 35.1 Å². The number of anilines is 1. The smallest absolute Gasteiger partial charge is 0.241 e. The molecule has 0 saturated carbocycles. The predicted molar refractivity (Wildman–Crippen MR) is 174 cm³/mol. The molecule has 240 valence electrons. The molecule has 9 nitrogen and oxygen atoms in total. The molecule has 3 unspecified atom stereocenters. The van der Waals surface area contributed by atoms with Gasteiger partial charge >= 0.3 is 0 Å². The molecule has 6 N–H and O–H groups in total. The van der Waals surface area contributed by atoms with Crippen LogP contribution in [0.25, 0.3) is 0 Å². The van der Waals surface area contributed by atoms with Gasteiger partial charge in [-0.3, -0.25) is 9.59 Å². The van der Waals surface area contributed by atoms with E-state index < -0.39 is 16.1 Å². The number of nitrogens with two attached hydrogens (primary N) is 2.